The van der Waals surface area contributed by atoms with Crippen molar-refractivity contribution in [2.75, 3.05) is 7.11 Å². The van der Waals surface area contributed by atoms with Gasteiger partial charge >= 0.3 is 0 Å². The van der Waals surface area contributed by atoms with E-state index in [0.29, 0.717) is 12.8 Å². The van der Waals surface area contributed by atoms with Gasteiger partial charge in [0.05, 0.1) is 5.41 Å². The average molecular weight is 340 g/mol. The highest BCUT2D eigenvalue weighted by molar-refractivity contribution is 5.90. The van der Waals surface area contributed by atoms with Crippen LogP contribution in [0.3, 0.4) is 0 Å². The summed E-state index contributed by atoms with van der Waals surface area (Å²) in [5, 5.41) is 11.6. The minimum absolute atomic E-state index is 0.117. The molecule has 5 atom stereocenters. The molecule has 1 aromatic carbocycles. The van der Waals surface area contributed by atoms with E-state index in [-0.39, 0.29) is 23.0 Å². The number of Topliss-reactive ketones (excluding diaryl/α,β-unsaturated/α-hetero) is 1. The van der Waals surface area contributed by atoms with Crippen LogP contribution in [-0.2, 0) is 16.0 Å². The summed E-state index contributed by atoms with van der Waals surface area (Å²) in [5.74, 6) is -1.14. The largest absolute Gasteiger partial charge is 0.364 e. The molecular weight excluding hydrogens is 312 g/mol. The number of hydrogen-bond acceptors (Lipinski definition) is 3. The van der Waals surface area contributed by atoms with Gasteiger partial charge in [0.15, 0.2) is 5.79 Å². The predicted molar refractivity (Wildman–Crippen MR) is 96.9 cm³/mol. The van der Waals surface area contributed by atoms with Gasteiger partial charge in [-0.2, -0.15) is 0 Å². The number of aliphatic hydroxyl groups is 1. The molecule has 3 heteroatoms. The number of ether oxygens (including phenoxy) is 1. The summed E-state index contributed by atoms with van der Waals surface area (Å²) in [7, 11) is 1.55. The first-order valence-corrected chi connectivity index (χ1v) is 9.46. The van der Waals surface area contributed by atoms with Crippen molar-refractivity contribution in [3.8, 4) is 0 Å². The van der Waals surface area contributed by atoms with E-state index >= 15 is 0 Å². The smallest absolute Gasteiger partial charge is 0.185 e. The van der Waals surface area contributed by atoms with Crippen molar-refractivity contribution in [3.05, 3.63) is 48.0 Å². The van der Waals surface area contributed by atoms with Gasteiger partial charge in [0.2, 0.25) is 0 Å². The Bertz CT molecular complexity index is 711. The fraction of sp³-hybridized carbons (Fsp3) is 0.591. The molecule has 0 amide bonds. The number of rotatable bonds is 5. The molecule has 0 radical (unpaired) electrons. The Labute approximate surface area is 150 Å². The summed E-state index contributed by atoms with van der Waals surface area (Å²) in [6, 6.07) is 10.1. The number of aryl methyl sites for hydroxylation is 1. The third-order valence-corrected chi connectivity index (χ3v) is 7.63. The average Bonchev–Trinajstić information content (AvgIpc) is 2.98. The van der Waals surface area contributed by atoms with Gasteiger partial charge in [-0.05, 0) is 37.2 Å². The molecule has 3 nitrogen and oxygen atoms in total. The maximum atomic E-state index is 13.7. The topological polar surface area (TPSA) is 46.5 Å². The van der Waals surface area contributed by atoms with Gasteiger partial charge < -0.3 is 9.84 Å². The maximum absolute atomic E-state index is 13.7. The highest BCUT2D eigenvalue weighted by Crippen LogP contribution is 2.78. The SMILES string of the molecule is C=C1[C@H]2CC3CCC[C@]1(C)[C@@]3(C(=O)CCc1ccccc1)[C@]2(O)OC. The van der Waals surface area contributed by atoms with Crippen LogP contribution in [0.1, 0.15) is 44.6 Å². The van der Waals surface area contributed by atoms with Crippen molar-refractivity contribution < 1.29 is 14.6 Å². The van der Waals surface area contributed by atoms with Crippen LogP contribution in [0.15, 0.2) is 42.5 Å². The van der Waals surface area contributed by atoms with E-state index in [1.54, 1.807) is 7.11 Å². The van der Waals surface area contributed by atoms with Crippen LogP contribution in [0.2, 0.25) is 0 Å². The van der Waals surface area contributed by atoms with E-state index in [1.807, 2.05) is 18.2 Å². The van der Waals surface area contributed by atoms with Crippen molar-refractivity contribution in [3.63, 3.8) is 0 Å². The Kier molecular flexibility index (Phi) is 3.75. The molecule has 3 aliphatic carbocycles. The molecule has 4 rings (SSSR count). The van der Waals surface area contributed by atoms with E-state index in [9.17, 15) is 9.90 Å². The molecule has 0 spiro atoms. The first-order chi connectivity index (χ1) is 11.9. The van der Waals surface area contributed by atoms with E-state index in [1.165, 1.54) is 0 Å². The summed E-state index contributed by atoms with van der Waals surface area (Å²) in [4.78, 5) is 13.7. The number of hydrogen-bond donors (Lipinski definition) is 1. The van der Waals surface area contributed by atoms with Gasteiger partial charge in [-0.1, -0.05) is 55.8 Å². The summed E-state index contributed by atoms with van der Waals surface area (Å²) >= 11 is 0. The fourth-order valence-corrected chi connectivity index (χ4v) is 6.58. The Morgan fingerprint density at radius 3 is 2.76 bits per heavy atom. The zero-order valence-electron chi connectivity index (χ0n) is 15.3. The Morgan fingerprint density at radius 1 is 1.36 bits per heavy atom. The second kappa shape index (κ2) is 5.52. The summed E-state index contributed by atoms with van der Waals surface area (Å²) in [6.45, 7) is 6.47. The van der Waals surface area contributed by atoms with Crippen LogP contribution < -0.4 is 0 Å². The quantitative estimate of drug-likeness (QED) is 0.653. The maximum Gasteiger partial charge on any atom is 0.185 e. The molecule has 1 N–H and O–H groups in total. The molecule has 1 unspecified atom stereocenters. The lowest BCUT2D eigenvalue weighted by Crippen LogP contribution is -2.60. The second-order valence-electron chi connectivity index (χ2n) is 8.35. The third kappa shape index (κ3) is 1.86. The minimum atomic E-state index is -1.39. The lowest BCUT2D eigenvalue weighted by atomic mass is 9.49. The van der Waals surface area contributed by atoms with E-state index in [0.717, 1.165) is 36.8 Å². The molecular formula is C22H28O3. The molecule has 25 heavy (non-hydrogen) atoms. The Hall–Kier alpha value is -1.45. The van der Waals surface area contributed by atoms with Crippen LogP contribution >= 0.6 is 0 Å². The lowest BCUT2D eigenvalue weighted by molar-refractivity contribution is -0.265. The summed E-state index contributed by atoms with van der Waals surface area (Å²) < 4.78 is 5.71. The molecule has 2 bridgehead atoms. The molecule has 0 aliphatic heterocycles. The number of benzene rings is 1. The molecule has 0 heterocycles. The van der Waals surface area contributed by atoms with Crippen LogP contribution in [0, 0.1) is 22.7 Å². The normalized spacial score (nSPS) is 42.0. The highest BCUT2D eigenvalue weighted by Gasteiger charge is 2.82. The number of methoxy groups -OCH3 is 1. The van der Waals surface area contributed by atoms with Crippen LogP contribution in [-0.4, -0.2) is 23.8 Å². The van der Waals surface area contributed by atoms with Crippen molar-refractivity contribution >= 4 is 5.78 Å². The molecule has 3 fully saturated rings. The molecule has 134 valence electrons. The van der Waals surface area contributed by atoms with Gasteiger partial charge in [-0.25, -0.2) is 0 Å². The zero-order chi connectivity index (χ0) is 17.9. The third-order valence-electron chi connectivity index (χ3n) is 7.63. The number of carbonyl (C=O) groups is 1. The summed E-state index contributed by atoms with van der Waals surface area (Å²) in [6.07, 6.45) is 5.00. The van der Waals surface area contributed by atoms with E-state index in [2.05, 4.69) is 25.6 Å². The van der Waals surface area contributed by atoms with Crippen molar-refractivity contribution in [2.24, 2.45) is 22.7 Å². The number of ketones is 1. The fourth-order valence-electron chi connectivity index (χ4n) is 6.58. The summed E-state index contributed by atoms with van der Waals surface area (Å²) in [5.41, 5.74) is 1.01. The van der Waals surface area contributed by atoms with Crippen molar-refractivity contribution in [2.45, 2.75) is 51.2 Å². The molecule has 3 saturated carbocycles. The van der Waals surface area contributed by atoms with E-state index < -0.39 is 11.2 Å². The van der Waals surface area contributed by atoms with Crippen LogP contribution in [0.25, 0.3) is 0 Å². The minimum Gasteiger partial charge on any atom is -0.364 e. The van der Waals surface area contributed by atoms with Gasteiger partial charge in [0, 0.05) is 24.9 Å². The highest BCUT2D eigenvalue weighted by atomic mass is 16.6. The first-order valence-electron chi connectivity index (χ1n) is 9.46. The standard InChI is InChI=1S/C22H28O3/c1-15-18-14-17-10-7-13-20(15,2)21(17,22(18,24)25-3)19(23)12-11-16-8-5-4-6-9-16/h4-6,8-9,17-18,24H,1,7,10-14H2,2-3H3/t17?,18-,20+,21-,22-/m1/s1. The van der Waals surface area contributed by atoms with Gasteiger partial charge in [0.1, 0.15) is 5.78 Å². The number of carbonyl (C=O) groups excluding carboxylic acids is 1. The Morgan fingerprint density at radius 2 is 2.08 bits per heavy atom. The molecule has 1 aromatic rings. The molecule has 0 saturated heterocycles. The zero-order valence-corrected chi connectivity index (χ0v) is 15.3. The van der Waals surface area contributed by atoms with Gasteiger partial charge in [0.25, 0.3) is 0 Å². The van der Waals surface area contributed by atoms with Gasteiger partial charge in [-0.15, -0.1) is 0 Å². The first kappa shape index (κ1) is 17.0. The van der Waals surface area contributed by atoms with Crippen LogP contribution in [0.4, 0.5) is 0 Å². The molecule has 3 aliphatic rings. The second-order valence-corrected chi connectivity index (χ2v) is 8.35. The van der Waals surface area contributed by atoms with Gasteiger partial charge in [-0.3, -0.25) is 4.79 Å². The monoisotopic (exact) mass is 340 g/mol. The molecule has 0 aromatic heterocycles. The lowest BCUT2D eigenvalue weighted by Gasteiger charge is -2.54. The van der Waals surface area contributed by atoms with E-state index in [4.69, 9.17) is 4.74 Å². The number of fused-ring (bicyclic) bond motifs is 1. The Balaban J connectivity index is 1.73. The predicted octanol–water partition coefficient (Wildman–Crippen LogP) is 3.91. The van der Waals surface area contributed by atoms with Crippen molar-refractivity contribution in [1.29, 1.82) is 0 Å². The van der Waals surface area contributed by atoms with Crippen molar-refractivity contribution in [1.82, 2.24) is 0 Å². The van der Waals surface area contributed by atoms with Crippen LogP contribution in [0.5, 0.6) is 0 Å².